The molecule has 0 spiro atoms. The molecule has 2 unspecified atom stereocenters. The molecule has 2 atom stereocenters. The molecular formula is C14H14N2O5S2. The van der Waals surface area contributed by atoms with Gasteiger partial charge in [0.15, 0.2) is 0 Å². The van der Waals surface area contributed by atoms with Crippen LogP contribution < -0.4 is 19.7 Å². The van der Waals surface area contributed by atoms with Crippen molar-refractivity contribution in [3.63, 3.8) is 0 Å². The molecule has 2 N–H and O–H groups in total. The summed E-state index contributed by atoms with van der Waals surface area (Å²) in [6.45, 7) is 0. The van der Waals surface area contributed by atoms with Gasteiger partial charge < -0.3 is 19.9 Å². The standard InChI is InChI=1S/C14H14N2O5S2/c1-20-7-3-4-8(10(5-7)21-2)16-9-6-22-23-12(9)11(13(16)17)15-14(18)19/h3-6,11-12,15H,1-2H3,(H,18,19). The van der Waals surface area contributed by atoms with E-state index in [1.165, 1.54) is 33.6 Å². The van der Waals surface area contributed by atoms with E-state index in [1.807, 2.05) is 5.41 Å². The molecule has 0 bridgehead atoms. The number of methoxy groups -OCH3 is 2. The Hall–Kier alpha value is -2.00. The van der Waals surface area contributed by atoms with Crippen LogP contribution in [-0.2, 0) is 4.79 Å². The van der Waals surface area contributed by atoms with Gasteiger partial charge in [-0.1, -0.05) is 21.6 Å². The fourth-order valence-corrected chi connectivity index (χ4v) is 5.18. The third-order valence-electron chi connectivity index (χ3n) is 3.57. The van der Waals surface area contributed by atoms with Crippen LogP contribution in [0.1, 0.15) is 0 Å². The third-order valence-corrected chi connectivity index (χ3v) is 5.99. The second kappa shape index (κ2) is 6.25. The fourth-order valence-electron chi connectivity index (χ4n) is 2.55. The molecule has 0 aliphatic carbocycles. The monoisotopic (exact) mass is 354 g/mol. The second-order valence-corrected chi connectivity index (χ2v) is 7.08. The minimum Gasteiger partial charge on any atom is -0.497 e. The zero-order valence-corrected chi connectivity index (χ0v) is 13.9. The molecule has 0 saturated carbocycles. The molecule has 0 radical (unpaired) electrons. The molecule has 3 rings (SSSR count). The first-order valence-electron chi connectivity index (χ1n) is 6.64. The number of hydrogen-bond acceptors (Lipinski definition) is 6. The predicted octanol–water partition coefficient (Wildman–Crippen LogP) is 2.29. The van der Waals surface area contributed by atoms with Crippen molar-refractivity contribution in [1.82, 2.24) is 5.32 Å². The Morgan fingerprint density at radius 3 is 2.78 bits per heavy atom. The summed E-state index contributed by atoms with van der Waals surface area (Å²) < 4.78 is 10.5. The van der Waals surface area contributed by atoms with Crippen molar-refractivity contribution in [1.29, 1.82) is 0 Å². The second-order valence-electron chi connectivity index (χ2n) is 4.79. The Morgan fingerprint density at radius 1 is 1.35 bits per heavy atom. The van der Waals surface area contributed by atoms with Crippen molar-refractivity contribution in [2.24, 2.45) is 0 Å². The average molecular weight is 354 g/mol. The van der Waals surface area contributed by atoms with Gasteiger partial charge in [-0.15, -0.1) is 0 Å². The van der Waals surface area contributed by atoms with E-state index < -0.39 is 12.1 Å². The maximum atomic E-state index is 12.7. The van der Waals surface area contributed by atoms with E-state index in [0.717, 1.165) is 5.70 Å². The average Bonchev–Trinajstić information content (AvgIpc) is 3.09. The summed E-state index contributed by atoms with van der Waals surface area (Å²) in [5.74, 6) is 0.772. The molecule has 122 valence electrons. The van der Waals surface area contributed by atoms with Crippen LogP contribution in [0.15, 0.2) is 29.3 Å². The van der Waals surface area contributed by atoms with Gasteiger partial charge in [-0.2, -0.15) is 0 Å². The lowest BCUT2D eigenvalue weighted by molar-refractivity contribution is -0.118. The highest BCUT2D eigenvalue weighted by Gasteiger charge is 2.49. The van der Waals surface area contributed by atoms with Crippen molar-refractivity contribution < 1.29 is 24.2 Å². The van der Waals surface area contributed by atoms with Crippen LogP contribution in [0.25, 0.3) is 0 Å². The largest absolute Gasteiger partial charge is 0.497 e. The van der Waals surface area contributed by atoms with Crippen LogP contribution >= 0.6 is 21.6 Å². The van der Waals surface area contributed by atoms with Crippen LogP contribution in [-0.4, -0.2) is 42.6 Å². The Balaban J connectivity index is 2.02. The Morgan fingerprint density at radius 2 is 2.13 bits per heavy atom. The topological polar surface area (TPSA) is 88.1 Å². The van der Waals surface area contributed by atoms with E-state index in [0.29, 0.717) is 17.2 Å². The Labute approximate surface area is 140 Å². The lowest BCUT2D eigenvalue weighted by Crippen LogP contribution is -2.44. The highest BCUT2D eigenvalue weighted by Crippen LogP contribution is 2.50. The highest BCUT2D eigenvalue weighted by molar-refractivity contribution is 8.78. The van der Waals surface area contributed by atoms with E-state index in [9.17, 15) is 9.59 Å². The summed E-state index contributed by atoms with van der Waals surface area (Å²) in [6, 6.07) is 4.33. The summed E-state index contributed by atoms with van der Waals surface area (Å²) in [5.41, 5.74) is 1.32. The lowest BCUT2D eigenvalue weighted by Gasteiger charge is -2.21. The predicted molar refractivity (Wildman–Crippen MR) is 89.0 cm³/mol. The maximum Gasteiger partial charge on any atom is 0.405 e. The van der Waals surface area contributed by atoms with Crippen LogP contribution in [0.5, 0.6) is 11.5 Å². The van der Waals surface area contributed by atoms with Crippen molar-refractivity contribution in [3.05, 3.63) is 29.3 Å². The van der Waals surface area contributed by atoms with Crippen LogP contribution in [0.4, 0.5) is 10.5 Å². The van der Waals surface area contributed by atoms with E-state index >= 15 is 0 Å². The third kappa shape index (κ3) is 2.70. The minimum atomic E-state index is -1.22. The number of rotatable bonds is 4. The van der Waals surface area contributed by atoms with Gasteiger partial charge in [-0.3, -0.25) is 9.69 Å². The number of nitrogens with one attached hydrogen (secondary N) is 1. The lowest BCUT2D eigenvalue weighted by atomic mass is 10.2. The molecule has 9 heteroatoms. The molecule has 7 nitrogen and oxygen atoms in total. The van der Waals surface area contributed by atoms with Gasteiger partial charge in [-0.05, 0) is 12.1 Å². The molecule has 2 aliphatic heterocycles. The summed E-state index contributed by atoms with van der Waals surface area (Å²) in [6.07, 6.45) is -1.22. The number of fused-ring (bicyclic) bond motifs is 1. The van der Waals surface area contributed by atoms with Crippen LogP contribution in [0.2, 0.25) is 0 Å². The van der Waals surface area contributed by atoms with E-state index in [-0.39, 0.29) is 11.2 Å². The van der Waals surface area contributed by atoms with Gasteiger partial charge in [0.1, 0.15) is 17.5 Å². The molecular weight excluding hydrogens is 340 g/mol. The van der Waals surface area contributed by atoms with Crippen LogP contribution in [0.3, 0.4) is 0 Å². The molecule has 0 aromatic heterocycles. The first-order valence-corrected chi connectivity index (χ1v) is 8.92. The first kappa shape index (κ1) is 15.9. The van der Waals surface area contributed by atoms with Gasteiger partial charge in [0.2, 0.25) is 0 Å². The molecule has 1 aromatic rings. The Bertz CT molecular complexity index is 694. The number of anilines is 1. The summed E-state index contributed by atoms with van der Waals surface area (Å²) in [7, 11) is 5.99. The maximum absolute atomic E-state index is 12.7. The van der Waals surface area contributed by atoms with Crippen molar-refractivity contribution >= 4 is 39.3 Å². The summed E-state index contributed by atoms with van der Waals surface area (Å²) in [5, 5.41) is 12.9. The fraction of sp³-hybridized carbons (Fsp3) is 0.286. The minimum absolute atomic E-state index is 0.254. The quantitative estimate of drug-likeness (QED) is 0.802. The number of ether oxygens (including phenoxy) is 2. The number of benzene rings is 1. The van der Waals surface area contributed by atoms with Crippen molar-refractivity contribution in [2.45, 2.75) is 11.3 Å². The smallest absolute Gasteiger partial charge is 0.405 e. The van der Waals surface area contributed by atoms with Crippen LogP contribution in [0, 0.1) is 0 Å². The number of carbonyl (C=O) groups excluding carboxylic acids is 1. The van der Waals surface area contributed by atoms with Gasteiger partial charge >= 0.3 is 6.09 Å². The van der Waals surface area contributed by atoms with Crippen molar-refractivity contribution in [2.75, 3.05) is 19.1 Å². The van der Waals surface area contributed by atoms with E-state index in [4.69, 9.17) is 14.6 Å². The molecule has 2 heterocycles. The Kier molecular flexibility index (Phi) is 4.31. The van der Waals surface area contributed by atoms with Gasteiger partial charge in [-0.25, -0.2) is 4.79 Å². The number of carboxylic acid groups (broad SMARTS) is 1. The molecule has 1 saturated heterocycles. The normalized spacial score (nSPS) is 22.6. The number of nitrogens with zero attached hydrogens (tertiary/aromatic N) is 1. The molecule has 1 fully saturated rings. The zero-order valence-electron chi connectivity index (χ0n) is 12.3. The van der Waals surface area contributed by atoms with E-state index in [2.05, 4.69) is 5.32 Å². The van der Waals surface area contributed by atoms with Gasteiger partial charge in [0.05, 0.1) is 25.2 Å². The molecule has 1 aromatic carbocycles. The molecule has 2 aliphatic rings. The highest BCUT2D eigenvalue weighted by atomic mass is 33.1. The SMILES string of the molecule is COc1ccc(N2C(=O)C(NC(=O)O)C3SSC=C32)c(OC)c1. The molecule has 23 heavy (non-hydrogen) atoms. The van der Waals surface area contributed by atoms with E-state index in [1.54, 1.807) is 25.3 Å². The van der Waals surface area contributed by atoms with Gasteiger partial charge in [0.25, 0.3) is 5.91 Å². The number of amides is 2. The van der Waals surface area contributed by atoms with Crippen molar-refractivity contribution in [3.8, 4) is 11.5 Å². The number of carbonyl (C=O) groups is 2. The van der Waals surface area contributed by atoms with Gasteiger partial charge in [0, 0.05) is 17.2 Å². The molecule has 2 amide bonds. The first-order chi connectivity index (χ1) is 11.1. The summed E-state index contributed by atoms with van der Waals surface area (Å²) >= 11 is 0. The summed E-state index contributed by atoms with van der Waals surface area (Å²) in [4.78, 5) is 25.2. The zero-order chi connectivity index (χ0) is 16.6. The number of hydrogen-bond donors (Lipinski definition) is 2.